The number of hydrogen-bond donors (Lipinski definition) is 2. The predicted molar refractivity (Wildman–Crippen MR) is 85.0 cm³/mol. The van der Waals surface area contributed by atoms with Gasteiger partial charge in [0.05, 0.1) is 23.4 Å². The molecule has 0 radical (unpaired) electrons. The van der Waals surface area contributed by atoms with Gasteiger partial charge in [0.15, 0.2) is 0 Å². The number of nitriles is 1. The molecule has 4 nitrogen and oxygen atoms in total. The summed E-state index contributed by atoms with van der Waals surface area (Å²) in [5, 5.41) is 23.3. The number of fused-ring (bicyclic) bond motifs is 1. The van der Waals surface area contributed by atoms with Crippen molar-refractivity contribution in [2.75, 3.05) is 18.5 Å². The van der Waals surface area contributed by atoms with Gasteiger partial charge >= 0.3 is 0 Å². The van der Waals surface area contributed by atoms with Crippen LogP contribution in [0.2, 0.25) is 0 Å². The lowest BCUT2D eigenvalue weighted by Gasteiger charge is -2.30. The van der Waals surface area contributed by atoms with Crippen LogP contribution in [0.3, 0.4) is 0 Å². The summed E-state index contributed by atoms with van der Waals surface area (Å²) in [7, 11) is 0. The van der Waals surface area contributed by atoms with E-state index in [1.54, 1.807) is 6.20 Å². The van der Waals surface area contributed by atoms with Crippen LogP contribution in [0.4, 0.5) is 5.69 Å². The fourth-order valence-electron chi connectivity index (χ4n) is 2.47. The second kappa shape index (κ2) is 6.55. The standard InChI is InChI=1S/C17H21N3O/c1-3-17(4-2,12-21)11-20-16-13(9-18)10-19-15-8-6-5-7-14(15)16/h5-8,10,21H,3-4,11-12H2,1-2H3,(H,19,20). The van der Waals surface area contributed by atoms with E-state index in [1.807, 2.05) is 24.3 Å². The molecule has 2 rings (SSSR count). The summed E-state index contributed by atoms with van der Waals surface area (Å²) in [6.07, 6.45) is 3.37. The third-order valence-corrected chi connectivity index (χ3v) is 4.37. The quantitative estimate of drug-likeness (QED) is 0.853. The molecule has 0 fully saturated rings. The van der Waals surface area contributed by atoms with E-state index < -0.39 is 0 Å². The van der Waals surface area contributed by atoms with E-state index in [-0.39, 0.29) is 12.0 Å². The molecule has 0 amide bonds. The first-order chi connectivity index (χ1) is 10.2. The number of rotatable bonds is 6. The summed E-state index contributed by atoms with van der Waals surface area (Å²) in [6.45, 7) is 4.94. The molecule has 1 heterocycles. The minimum absolute atomic E-state index is 0.137. The zero-order valence-electron chi connectivity index (χ0n) is 12.6. The van der Waals surface area contributed by atoms with Gasteiger partial charge in [-0.3, -0.25) is 4.98 Å². The van der Waals surface area contributed by atoms with Gasteiger partial charge in [-0.25, -0.2) is 0 Å². The third-order valence-electron chi connectivity index (χ3n) is 4.37. The van der Waals surface area contributed by atoms with Crippen LogP contribution in [0.1, 0.15) is 32.3 Å². The average molecular weight is 283 g/mol. The molecule has 2 N–H and O–H groups in total. The number of anilines is 1. The SMILES string of the molecule is CCC(CC)(CO)CNc1c(C#N)cnc2ccccc12. The van der Waals surface area contributed by atoms with Gasteiger partial charge in [-0.1, -0.05) is 32.0 Å². The third kappa shape index (κ3) is 2.98. The monoisotopic (exact) mass is 283 g/mol. The molecule has 0 saturated heterocycles. The molecule has 0 aliphatic heterocycles. The summed E-state index contributed by atoms with van der Waals surface area (Å²) in [4.78, 5) is 4.31. The van der Waals surface area contributed by atoms with E-state index in [4.69, 9.17) is 0 Å². The summed E-state index contributed by atoms with van der Waals surface area (Å²) in [5.41, 5.74) is 2.05. The van der Waals surface area contributed by atoms with Crippen LogP contribution >= 0.6 is 0 Å². The van der Waals surface area contributed by atoms with Crippen LogP contribution in [0.15, 0.2) is 30.5 Å². The number of hydrogen-bond acceptors (Lipinski definition) is 4. The lowest BCUT2D eigenvalue weighted by molar-refractivity contribution is 0.127. The fraction of sp³-hybridized carbons (Fsp3) is 0.412. The highest BCUT2D eigenvalue weighted by atomic mass is 16.3. The molecule has 2 aromatic rings. The summed E-state index contributed by atoms with van der Waals surface area (Å²) >= 11 is 0. The summed E-state index contributed by atoms with van der Waals surface area (Å²) in [6, 6.07) is 9.96. The Labute approximate surface area is 125 Å². The maximum atomic E-state index is 9.68. The first-order valence-corrected chi connectivity index (χ1v) is 7.32. The number of nitrogens with zero attached hydrogens (tertiary/aromatic N) is 2. The van der Waals surface area contributed by atoms with Gasteiger partial charge in [0.2, 0.25) is 0 Å². The molecule has 110 valence electrons. The van der Waals surface area contributed by atoms with Crippen LogP contribution in [-0.4, -0.2) is 23.2 Å². The molecule has 4 heteroatoms. The molecule has 0 aliphatic rings. The molecule has 0 bridgehead atoms. The van der Waals surface area contributed by atoms with Crippen LogP contribution in [0.25, 0.3) is 10.9 Å². The molecule has 0 saturated carbocycles. The number of pyridine rings is 1. The molecule has 0 spiro atoms. The Kier molecular flexibility index (Phi) is 4.77. The maximum absolute atomic E-state index is 9.68. The fourth-order valence-corrected chi connectivity index (χ4v) is 2.47. The van der Waals surface area contributed by atoms with Gasteiger partial charge in [0, 0.05) is 23.5 Å². The van der Waals surface area contributed by atoms with Gasteiger partial charge in [0.1, 0.15) is 6.07 Å². The van der Waals surface area contributed by atoms with Crippen LogP contribution < -0.4 is 5.32 Å². The minimum Gasteiger partial charge on any atom is -0.396 e. The first kappa shape index (κ1) is 15.3. The van der Waals surface area contributed by atoms with Crippen molar-refractivity contribution < 1.29 is 5.11 Å². The van der Waals surface area contributed by atoms with Crippen molar-refractivity contribution >= 4 is 16.6 Å². The Balaban J connectivity index is 2.39. The van der Waals surface area contributed by atoms with E-state index >= 15 is 0 Å². The predicted octanol–water partition coefficient (Wildman–Crippen LogP) is 3.32. The molecule has 1 aromatic heterocycles. The lowest BCUT2D eigenvalue weighted by Crippen LogP contribution is -2.32. The Morgan fingerprint density at radius 1 is 1.29 bits per heavy atom. The molecule has 21 heavy (non-hydrogen) atoms. The Bertz CT molecular complexity index is 648. The molecular weight excluding hydrogens is 262 g/mol. The van der Waals surface area contributed by atoms with Crippen LogP contribution in [0, 0.1) is 16.7 Å². The second-order valence-corrected chi connectivity index (χ2v) is 5.39. The van der Waals surface area contributed by atoms with E-state index in [2.05, 4.69) is 30.2 Å². The number of aromatic nitrogens is 1. The largest absolute Gasteiger partial charge is 0.396 e. The van der Waals surface area contributed by atoms with Crippen molar-refractivity contribution in [3.05, 3.63) is 36.0 Å². The highest BCUT2D eigenvalue weighted by Crippen LogP contribution is 2.30. The normalized spacial score (nSPS) is 11.3. The molecule has 0 atom stereocenters. The van der Waals surface area contributed by atoms with Crippen LogP contribution in [0.5, 0.6) is 0 Å². The Morgan fingerprint density at radius 3 is 2.62 bits per heavy atom. The number of nitrogens with one attached hydrogen (secondary N) is 1. The zero-order valence-corrected chi connectivity index (χ0v) is 12.6. The van der Waals surface area contributed by atoms with Gasteiger partial charge in [-0.15, -0.1) is 0 Å². The van der Waals surface area contributed by atoms with Crippen LogP contribution in [-0.2, 0) is 0 Å². The first-order valence-electron chi connectivity index (χ1n) is 7.32. The van der Waals surface area contributed by atoms with Crippen molar-refractivity contribution in [1.82, 2.24) is 4.98 Å². The number of aliphatic hydroxyl groups is 1. The van der Waals surface area contributed by atoms with Gasteiger partial charge in [-0.2, -0.15) is 5.26 Å². The molecule has 0 unspecified atom stereocenters. The number of aliphatic hydroxyl groups excluding tert-OH is 1. The van der Waals surface area contributed by atoms with Gasteiger partial charge in [0.25, 0.3) is 0 Å². The van der Waals surface area contributed by atoms with Crippen molar-refractivity contribution in [2.45, 2.75) is 26.7 Å². The Morgan fingerprint density at radius 2 is 2.00 bits per heavy atom. The number of para-hydroxylation sites is 1. The van der Waals surface area contributed by atoms with Crippen molar-refractivity contribution in [1.29, 1.82) is 5.26 Å². The van der Waals surface area contributed by atoms with E-state index in [0.29, 0.717) is 12.1 Å². The van der Waals surface area contributed by atoms with Crippen molar-refractivity contribution in [3.8, 4) is 6.07 Å². The highest BCUT2D eigenvalue weighted by molar-refractivity contribution is 5.93. The Hall–Kier alpha value is -2.12. The van der Waals surface area contributed by atoms with Gasteiger partial charge in [-0.05, 0) is 18.9 Å². The highest BCUT2D eigenvalue weighted by Gasteiger charge is 2.25. The summed E-state index contributed by atoms with van der Waals surface area (Å²) in [5.74, 6) is 0. The van der Waals surface area contributed by atoms with E-state index in [1.165, 1.54) is 0 Å². The summed E-state index contributed by atoms with van der Waals surface area (Å²) < 4.78 is 0. The van der Waals surface area contributed by atoms with Crippen molar-refractivity contribution in [3.63, 3.8) is 0 Å². The van der Waals surface area contributed by atoms with Gasteiger partial charge < -0.3 is 10.4 Å². The molecule has 0 aliphatic carbocycles. The van der Waals surface area contributed by atoms with E-state index in [9.17, 15) is 10.4 Å². The number of benzene rings is 1. The maximum Gasteiger partial charge on any atom is 0.103 e. The van der Waals surface area contributed by atoms with E-state index in [0.717, 1.165) is 29.4 Å². The topological polar surface area (TPSA) is 68.9 Å². The lowest BCUT2D eigenvalue weighted by atomic mass is 9.83. The van der Waals surface area contributed by atoms with Crippen molar-refractivity contribution in [2.24, 2.45) is 5.41 Å². The minimum atomic E-state index is -0.156. The molecular formula is C17H21N3O. The average Bonchev–Trinajstić information content (AvgIpc) is 2.56. The zero-order chi connectivity index (χ0) is 15.3. The molecule has 1 aromatic carbocycles. The second-order valence-electron chi connectivity index (χ2n) is 5.39. The smallest absolute Gasteiger partial charge is 0.103 e.